The number of rotatable bonds is 7. The second kappa shape index (κ2) is 8.63. The van der Waals surface area contributed by atoms with Gasteiger partial charge in [0.25, 0.3) is 5.91 Å². The topological polar surface area (TPSA) is 115 Å². The SMILES string of the molecule is CCc1nc(COc2ccc(C(=O)N3CCOCC3CC(=O)O)cc2)no1. The Hall–Kier alpha value is -2.94. The monoisotopic (exact) mass is 375 g/mol. The van der Waals surface area contributed by atoms with E-state index < -0.39 is 12.0 Å². The van der Waals surface area contributed by atoms with Crippen molar-refractivity contribution in [3.8, 4) is 5.75 Å². The van der Waals surface area contributed by atoms with Gasteiger partial charge in [-0.3, -0.25) is 9.59 Å². The van der Waals surface area contributed by atoms with E-state index in [0.29, 0.717) is 42.6 Å². The molecule has 9 nitrogen and oxygen atoms in total. The molecule has 0 saturated carbocycles. The highest BCUT2D eigenvalue weighted by molar-refractivity contribution is 5.94. The Morgan fingerprint density at radius 3 is 2.78 bits per heavy atom. The van der Waals surface area contributed by atoms with Crippen LogP contribution in [-0.4, -0.2) is 57.8 Å². The van der Waals surface area contributed by atoms with Crippen molar-refractivity contribution in [2.75, 3.05) is 19.8 Å². The van der Waals surface area contributed by atoms with Crippen molar-refractivity contribution >= 4 is 11.9 Å². The largest absolute Gasteiger partial charge is 0.485 e. The Bertz CT molecular complexity index is 789. The molecule has 144 valence electrons. The van der Waals surface area contributed by atoms with Crippen LogP contribution in [0.3, 0.4) is 0 Å². The third-order valence-electron chi connectivity index (χ3n) is 4.18. The lowest BCUT2D eigenvalue weighted by atomic mass is 10.1. The van der Waals surface area contributed by atoms with Crippen molar-refractivity contribution in [2.45, 2.75) is 32.4 Å². The van der Waals surface area contributed by atoms with Gasteiger partial charge in [0.15, 0.2) is 6.61 Å². The summed E-state index contributed by atoms with van der Waals surface area (Å²) in [6, 6.07) is 6.20. The van der Waals surface area contributed by atoms with Crippen LogP contribution < -0.4 is 4.74 Å². The number of aryl methyl sites for hydroxylation is 1. The minimum absolute atomic E-state index is 0.141. The molecule has 1 aliphatic heterocycles. The molecule has 0 radical (unpaired) electrons. The smallest absolute Gasteiger partial charge is 0.305 e. The number of hydrogen-bond donors (Lipinski definition) is 1. The first kappa shape index (κ1) is 18.8. The fourth-order valence-electron chi connectivity index (χ4n) is 2.79. The highest BCUT2D eigenvalue weighted by Crippen LogP contribution is 2.18. The third-order valence-corrected chi connectivity index (χ3v) is 4.18. The molecule has 1 atom stereocenters. The van der Waals surface area contributed by atoms with E-state index in [4.69, 9.17) is 19.1 Å². The van der Waals surface area contributed by atoms with Gasteiger partial charge in [-0.25, -0.2) is 0 Å². The van der Waals surface area contributed by atoms with Crippen molar-refractivity contribution < 1.29 is 28.7 Å². The van der Waals surface area contributed by atoms with Gasteiger partial charge < -0.3 is 24.0 Å². The quantitative estimate of drug-likeness (QED) is 0.775. The first-order valence-electron chi connectivity index (χ1n) is 8.71. The van der Waals surface area contributed by atoms with Crippen molar-refractivity contribution in [3.63, 3.8) is 0 Å². The van der Waals surface area contributed by atoms with Gasteiger partial charge >= 0.3 is 5.97 Å². The molecule has 2 heterocycles. The molecule has 1 N–H and O–H groups in total. The van der Waals surface area contributed by atoms with Crippen LogP contribution in [0.1, 0.15) is 35.4 Å². The number of nitrogens with zero attached hydrogens (tertiary/aromatic N) is 3. The molecule has 2 aromatic rings. The van der Waals surface area contributed by atoms with Crippen molar-refractivity contribution in [3.05, 3.63) is 41.5 Å². The zero-order valence-corrected chi connectivity index (χ0v) is 15.0. The Kier molecular flexibility index (Phi) is 6.02. The fraction of sp³-hybridized carbons (Fsp3) is 0.444. The van der Waals surface area contributed by atoms with Gasteiger partial charge in [0, 0.05) is 18.5 Å². The van der Waals surface area contributed by atoms with Gasteiger partial charge in [-0.15, -0.1) is 0 Å². The maximum atomic E-state index is 12.7. The predicted octanol–water partition coefficient (Wildman–Crippen LogP) is 1.53. The minimum atomic E-state index is -0.959. The van der Waals surface area contributed by atoms with Crippen LogP contribution in [-0.2, 0) is 22.6 Å². The predicted molar refractivity (Wildman–Crippen MR) is 92.3 cm³/mol. The van der Waals surface area contributed by atoms with E-state index >= 15 is 0 Å². The van der Waals surface area contributed by atoms with Gasteiger partial charge in [0.05, 0.1) is 25.7 Å². The molecule has 3 rings (SSSR count). The minimum Gasteiger partial charge on any atom is -0.485 e. The van der Waals surface area contributed by atoms with E-state index in [0.717, 1.165) is 0 Å². The molecule has 1 saturated heterocycles. The number of carbonyl (C=O) groups excluding carboxylic acids is 1. The van der Waals surface area contributed by atoms with Crippen LogP contribution >= 0.6 is 0 Å². The number of hydrogen-bond acceptors (Lipinski definition) is 7. The summed E-state index contributed by atoms with van der Waals surface area (Å²) in [7, 11) is 0. The molecule has 1 aromatic heterocycles. The van der Waals surface area contributed by atoms with Gasteiger partial charge in [-0.1, -0.05) is 12.1 Å². The van der Waals surface area contributed by atoms with E-state index in [1.54, 1.807) is 29.2 Å². The van der Waals surface area contributed by atoms with E-state index in [1.165, 1.54) is 0 Å². The lowest BCUT2D eigenvalue weighted by Crippen LogP contribution is -2.49. The molecular weight excluding hydrogens is 354 g/mol. The average Bonchev–Trinajstić information content (AvgIpc) is 3.14. The summed E-state index contributed by atoms with van der Waals surface area (Å²) >= 11 is 0. The van der Waals surface area contributed by atoms with Crippen molar-refractivity contribution in [1.29, 1.82) is 0 Å². The van der Waals surface area contributed by atoms with Crippen LogP contribution in [0.2, 0.25) is 0 Å². The second-order valence-corrected chi connectivity index (χ2v) is 6.10. The van der Waals surface area contributed by atoms with Crippen LogP contribution in [0.5, 0.6) is 5.75 Å². The number of benzene rings is 1. The number of amides is 1. The van der Waals surface area contributed by atoms with E-state index in [2.05, 4.69) is 10.1 Å². The van der Waals surface area contributed by atoms with E-state index in [-0.39, 0.29) is 25.5 Å². The van der Waals surface area contributed by atoms with Crippen LogP contribution in [0.25, 0.3) is 0 Å². The highest BCUT2D eigenvalue weighted by Gasteiger charge is 2.29. The van der Waals surface area contributed by atoms with Crippen LogP contribution in [0, 0.1) is 0 Å². The van der Waals surface area contributed by atoms with E-state index in [9.17, 15) is 9.59 Å². The summed E-state index contributed by atoms with van der Waals surface area (Å²) < 4.78 is 15.9. The molecule has 1 amide bonds. The molecule has 0 bridgehead atoms. The highest BCUT2D eigenvalue weighted by atomic mass is 16.5. The number of carbonyl (C=O) groups is 2. The number of aliphatic carboxylic acids is 1. The lowest BCUT2D eigenvalue weighted by Gasteiger charge is -2.34. The van der Waals surface area contributed by atoms with Crippen LogP contribution in [0.15, 0.2) is 28.8 Å². The average molecular weight is 375 g/mol. The summed E-state index contributed by atoms with van der Waals surface area (Å²) in [6.45, 7) is 3.08. The van der Waals surface area contributed by atoms with Crippen molar-refractivity contribution in [1.82, 2.24) is 15.0 Å². The number of ether oxygens (including phenoxy) is 2. The summed E-state index contributed by atoms with van der Waals surface area (Å²) in [5.74, 6) is 0.396. The normalized spacial score (nSPS) is 16.9. The Morgan fingerprint density at radius 2 is 2.11 bits per heavy atom. The summed E-state index contributed by atoms with van der Waals surface area (Å²) in [6.07, 6.45) is 0.519. The standard InChI is InChI=1S/C18H21N3O6/c1-2-16-19-15(20-27-16)11-26-14-5-3-12(4-6-14)18(24)21-7-8-25-10-13(21)9-17(22)23/h3-6,13H,2,7-11H2,1H3,(H,22,23). The van der Waals surface area contributed by atoms with Crippen LogP contribution in [0.4, 0.5) is 0 Å². The van der Waals surface area contributed by atoms with Gasteiger partial charge in [-0.05, 0) is 24.3 Å². The molecule has 1 aliphatic rings. The zero-order valence-electron chi connectivity index (χ0n) is 15.0. The Morgan fingerprint density at radius 1 is 1.33 bits per heavy atom. The van der Waals surface area contributed by atoms with Gasteiger partial charge in [-0.2, -0.15) is 4.98 Å². The van der Waals surface area contributed by atoms with Crippen molar-refractivity contribution in [2.24, 2.45) is 0 Å². The Labute approximate surface area is 155 Å². The molecular formula is C18H21N3O6. The summed E-state index contributed by atoms with van der Waals surface area (Å²) in [4.78, 5) is 29.4. The number of carboxylic acids is 1. The summed E-state index contributed by atoms with van der Waals surface area (Å²) in [5.41, 5.74) is 0.465. The molecule has 0 aliphatic carbocycles. The maximum Gasteiger partial charge on any atom is 0.305 e. The number of morpholine rings is 1. The summed E-state index contributed by atoms with van der Waals surface area (Å²) in [5, 5.41) is 12.8. The zero-order chi connectivity index (χ0) is 19.2. The first-order chi connectivity index (χ1) is 13.1. The number of aromatic nitrogens is 2. The van der Waals surface area contributed by atoms with Gasteiger partial charge in [0.1, 0.15) is 5.75 Å². The van der Waals surface area contributed by atoms with Gasteiger partial charge in [0.2, 0.25) is 11.7 Å². The molecule has 1 fully saturated rings. The molecule has 1 aromatic carbocycles. The molecule has 27 heavy (non-hydrogen) atoms. The van der Waals surface area contributed by atoms with E-state index in [1.807, 2.05) is 6.92 Å². The maximum absolute atomic E-state index is 12.7. The Balaban J connectivity index is 1.61. The number of carboxylic acid groups (broad SMARTS) is 1. The second-order valence-electron chi connectivity index (χ2n) is 6.10. The first-order valence-corrected chi connectivity index (χ1v) is 8.71. The molecule has 9 heteroatoms. The third kappa shape index (κ3) is 4.82. The fourth-order valence-corrected chi connectivity index (χ4v) is 2.79. The molecule has 1 unspecified atom stereocenters. The molecule has 0 spiro atoms. The lowest BCUT2D eigenvalue weighted by molar-refractivity contribution is -0.139.